The van der Waals surface area contributed by atoms with E-state index in [1.807, 2.05) is 36.4 Å². The normalized spacial score (nSPS) is 16.2. The average Bonchev–Trinajstić information content (AvgIpc) is 2.59. The zero-order valence-electron chi connectivity index (χ0n) is 13.1. The van der Waals surface area contributed by atoms with Crippen LogP contribution in [0.2, 0.25) is 0 Å². The molecule has 0 amide bonds. The minimum atomic E-state index is -0.127. The Morgan fingerprint density at radius 3 is 1.96 bits per heavy atom. The first-order valence-electron chi connectivity index (χ1n) is 7.92. The number of hydrogen-bond donors (Lipinski definition) is 0. The zero-order chi connectivity index (χ0) is 16.1. The van der Waals surface area contributed by atoms with E-state index in [0.717, 1.165) is 49.4 Å². The molecular formula is C19H20FN3. The van der Waals surface area contributed by atoms with Crippen LogP contribution in [0.25, 0.3) is 0 Å². The Morgan fingerprint density at radius 1 is 0.826 bits per heavy atom. The van der Waals surface area contributed by atoms with Crippen LogP contribution in [0.1, 0.15) is 16.7 Å². The van der Waals surface area contributed by atoms with Gasteiger partial charge in [0.25, 0.3) is 0 Å². The van der Waals surface area contributed by atoms with Gasteiger partial charge in [0.2, 0.25) is 0 Å². The molecule has 23 heavy (non-hydrogen) atoms. The lowest BCUT2D eigenvalue weighted by Gasteiger charge is -2.34. The number of nitrogens with zero attached hydrogens (tertiary/aromatic N) is 3. The summed E-state index contributed by atoms with van der Waals surface area (Å²) in [5, 5.41) is 9.17. The summed E-state index contributed by atoms with van der Waals surface area (Å²) in [7, 11) is 0. The Bertz CT molecular complexity index is 700. The van der Waals surface area contributed by atoms with E-state index < -0.39 is 0 Å². The summed E-state index contributed by atoms with van der Waals surface area (Å²) in [5.74, 6) is -0.127. The Kier molecular flexibility index (Phi) is 5.02. The molecule has 3 nitrogen and oxygen atoms in total. The van der Waals surface area contributed by atoms with Gasteiger partial charge in [-0.05, 0) is 17.7 Å². The topological polar surface area (TPSA) is 30.3 Å². The molecule has 0 aromatic heterocycles. The van der Waals surface area contributed by atoms with Gasteiger partial charge in [-0.1, -0.05) is 36.4 Å². The van der Waals surface area contributed by atoms with Gasteiger partial charge in [-0.2, -0.15) is 5.26 Å². The van der Waals surface area contributed by atoms with Crippen molar-refractivity contribution >= 4 is 0 Å². The van der Waals surface area contributed by atoms with Crippen molar-refractivity contribution in [3.05, 3.63) is 71.0 Å². The molecule has 1 fully saturated rings. The van der Waals surface area contributed by atoms with Gasteiger partial charge in [0, 0.05) is 44.8 Å². The SMILES string of the molecule is N#Cc1ccccc1CN1CCN(Cc2ccccc2F)CC1. The monoisotopic (exact) mass is 309 g/mol. The molecule has 0 bridgehead atoms. The maximum absolute atomic E-state index is 13.7. The van der Waals surface area contributed by atoms with Crippen molar-refractivity contribution in [2.24, 2.45) is 0 Å². The first-order valence-corrected chi connectivity index (χ1v) is 7.92. The fourth-order valence-electron chi connectivity index (χ4n) is 2.98. The second-order valence-electron chi connectivity index (χ2n) is 5.91. The molecule has 118 valence electrons. The van der Waals surface area contributed by atoms with Gasteiger partial charge in [-0.3, -0.25) is 9.80 Å². The summed E-state index contributed by atoms with van der Waals surface area (Å²) < 4.78 is 13.7. The van der Waals surface area contributed by atoms with Crippen molar-refractivity contribution in [1.82, 2.24) is 9.80 Å². The van der Waals surface area contributed by atoms with E-state index in [9.17, 15) is 4.39 Å². The van der Waals surface area contributed by atoms with Crippen LogP contribution in [-0.2, 0) is 13.1 Å². The molecule has 0 atom stereocenters. The highest BCUT2D eigenvalue weighted by Gasteiger charge is 2.18. The molecule has 2 aromatic carbocycles. The second kappa shape index (κ2) is 7.36. The standard InChI is InChI=1S/C19H20FN3/c20-19-8-4-3-7-18(19)15-23-11-9-22(10-12-23)14-17-6-2-1-5-16(17)13-21/h1-8H,9-12,14-15H2. The van der Waals surface area contributed by atoms with Crippen LogP contribution < -0.4 is 0 Å². The Hall–Kier alpha value is -2.22. The average molecular weight is 309 g/mol. The number of halogens is 1. The predicted molar refractivity (Wildman–Crippen MR) is 88.1 cm³/mol. The fraction of sp³-hybridized carbons (Fsp3) is 0.316. The number of hydrogen-bond acceptors (Lipinski definition) is 3. The molecule has 1 heterocycles. The lowest BCUT2D eigenvalue weighted by atomic mass is 10.1. The minimum absolute atomic E-state index is 0.127. The van der Waals surface area contributed by atoms with Crippen molar-refractivity contribution in [1.29, 1.82) is 5.26 Å². The third-order valence-corrected chi connectivity index (χ3v) is 4.35. The van der Waals surface area contributed by atoms with E-state index in [-0.39, 0.29) is 5.82 Å². The number of rotatable bonds is 4. The lowest BCUT2D eigenvalue weighted by molar-refractivity contribution is 0.121. The number of piperazine rings is 1. The van der Waals surface area contributed by atoms with Gasteiger partial charge >= 0.3 is 0 Å². The highest BCUT2D eigenvalue weighted by atomic mass is 19.1. The summed E-state index contributed by atoms with van der Waals surface area (Å²) in [6.45, 7) is 5.18. The van der Waals surface area contributed by atoms with E-state index in [1.54, 1.807) is 6.07 Å². The van der Waals surface area contributed by atoms with Gasteiger partial charge in [0.1, 0.15) is 5.82 Å². The van der Waals surface area contributed by atoms with Crippen LogP contribution in [0.5, 0.6) is 0 Å². The summed E-state index contributed by atoms with van der Waals surface area (Å²) in [6.07, 6.45) is 0. The van der Waals surface area contributed by atoms with Crippen molar-refractivity contribution in [3.63, 3.8) is 0 Å². The van der Waals surface area contributed by atoms with E-state index in [1.165, 1.54) is 6.07 Å². The highest BCUT2D eigenvalue weighted by Crippen LogP contribution is 2.15. The number of nitriles is 1. The smallest absolute Gasteiger partial charge is 0.127 e. The number of benzene rings is 2. The second-order valence-corrected chi connectivity index (χ2v) is 5.91. The Balaban J connectivity index is 1.55. The van der Waals surface area contributed by atoms with E-state index in [0.29, 0.717) is 6.54 Å². The van der Waals surface area contributed by atoms with Gasteiger partial charge in [-0.25, -0.2) is 4.39 Å². The molecule has 2 aromatic rings. The summed E-state index contributed by atoms with van der Waals surface area (Å²) >= 11 is 0. The lowest BCUT2D eigenvalue weighted by Crippen LogP contribution is -2.45. The van der Waals surface area contributed by atoms with Crippen molar-refractivity contribution in [2.75, 3.05) is 26.2 Å². The molecule has 0 radical (unpaired) electrons. The molecule has 3 rings (SSSR count). The van der Waals surface area contributed by atoms with Gasteiger partial charge < -0.3 is 0 Å². The fourth-order valence-corrected chi connectivity index (χ4v) is 2.98. The Morgan fingerprint density at radius 2 is 1.35 bits per heavy atom. The van der Waals surface area contributed by atoms with Crippen LogP contribution >= 0.6 is 0 Å². The quantitative estimate of drug-likeness (QED) is 0.870. The van der Waals surface area contributed by atoms with E-state index in [2.05, 4.69) is 15.9 Å². The first-order chi connectivity index (χ1) is 11.3. The van der Waals surface area contributed by atoms with E-state index in [4.69, 9.17) is 5.26 Å². The zero-order valence-corrected chi connectivity index (χ0v) is 13.1. The third kappa shape index (κ3) is 3.95. The largest absolute Gasteiger partial charge is 0.296 e. The van der Waals surface area contributed by atoms with Crippen LogP contribution in [0.4, 0.5) is 4.39 Å². The molecule has 1 aliphatic rings. The molecule has 1 aliphatic heterocycles. The maximum Gasteiger partial charge on any atom is 0.127 e. The molecule has 1 saturated heterocycles. The van der Waals surface area contributed by atoms with Crippen LogP contribution in [0, 0.1) is 17.1 Å². The third-order valence-electron chi connectivity index (χ3n) is 4.35. The predicted octanol–water partition coefficient (Wildman–Crippen LogP) is 3.02. The van der Waals surface area contributed by atoms with Crippen molar-refractivity contribution in [3.8, 4) is 6.07 Å². The minimum Gasteiger partial charge on any atom is -0.296 e. The van der Waals surface area contributed by atoms with Crippen molar-refractivity contribution < 1.29 is 4.39 Å². The highest BCUT2D eigenvalue weighted by molar-refractivity contribution is 5.37. The molecule has 0 spiro atoms. The first kappa shape index (κ1) is 15.7. The van der Waals surface area contributed by atoms with Gasteiger partial charge in [0.15, 0.2) is 0 Å². The molecule has 4 heteroatoms. The molecular weight excluding hydrogens is 289 g/mol. The van der Waals surface area contributed by atoms with Gasteiger partial charge in [-0.15, -0.1) is 0 Å². The maximum atomic E-state index is 13.7. The van der Waals surface area contributed by atoms with Crippen LogP contribution in [0.3, 0.4) is 0 Å². The van der Waals surface area contributed by atoms with E-state index >= 15 is 0 Å². The van der Waals surface area contributed by atoms with Crippen molar-refractivity contribution in [2.45, 2.75) is 13.1 Å². The Labute approximate surface area is 136 Å². The van der Waals surface area contributed by atoms with Crippen LogP contribution in [0.15, 0.2) is 48.5 Å². The summed E-state index contributed by atoms with van der Waals surface area (Å²) in [5.41, 5.74) is 2.59. The summed E-state index contributed by atoms with van der Waals surface area (Å²) in [6, 6.07) is 17.0. The van der Waals surface area contributed by atoms with Crippen LogP contribution in [-0.4, -0.2) is 36.0 Å². The summed E-state index contributed by atoms with van der Waals surface area (Å²) in [4.78, 5) is 4.64. The molecule has 0 saturated carbocycles. The molecule has 0 unspecified atom stereocenters. The van der Waals surface area contributed by atoms with Gasteiger partial charge in [0.05, 0.1) is 11.6 Å². The molecule has 0 aliphatic carbocycles. The molecule has 0 N–H and O–H groups in total.